The highest BCUT2D eigenvalue weighted by Crippen LogP contribution is 2.60. The highest BCUT2D eigenvalue weighted by atomic mass is 35.5. The first-order chi connectivity index (χ1) is 27.0. The molecule has 292 valence electrons. The fraction of sp³-hybridized carbons (Fsp3) is 0.386. The lowest BCUT2D eigenvalue weighted by Crippen LogP contribution is -2.52. The van der Waals surface area contributed by atoms with Gasteiger partial charge in [-0.15, -0.1) is 0 Å². The van der Waals surface area contributed by atoms with Crippen molar-refractivity contribution in [1.82, 2.24) is 10.2 Å². The Morgan fingerprint density at radius 3 is 2.52 bits per heavy atom. The Morgan fingerprint density at radius 2 is 1.79 bits per heavy atom. The Labute approximate surface area is 334 Å². The Morgan fingerprint density at radius 1 is 1.02 bits per heavy atom. The van der Waals surface area contributed by atoms with Crippen molar-refractivity contribution >= 4 is 54.0 Å². The van der Waals surface area contributed by atoms with E-state index in [0.29, 0.717) is 36.6 Å². The molecule has 8 rings (SSSR count). The van der Waals surface area contributed by atoms with Crippen LogP contribution in [0.1, 0.15) is 35.6 Å². The van der Waals surface area contributed by atoms with Crippen molar-refractivity contribution in [2.45, 2.75) is 69.2 Å². The fourth-order valence-corrected chi connectivity index (χ4v) is 14.0. The summed E-state index contributed by atoms with van der Waals surface area (Å²) in [5.41, 5.74) is 3.75. The molecule has 0 aromatic heterocycles. The van der Waals surface area contributed by atoms with Crippen LogP contribution in [0.15, 0.2) is 91.0 Å². The van der Waals surface area contributed by atoms with Crippen LogP contribution in [0, 0.1) is 5.92 Å². The van der Waals surface area contributed by atoms with Gasteiger partial charge in [-0.1, -0.05) is 85.3 Å². The van der Waals surface area contributed by atoms with Gasteiger partial charge in [0.25, 0.3) is 5.91 Å². The highest BCUT2D eigenvalue weighted by Gasteiger charge is 2.66. The molecule has 0 bridgehead atoms. The molecule has 2 N–H and O–H groups in total. The molecule has 0 unspecified atom stereocenters. The smallest absolute Gasteiger partial charge is 0.264 e. The summed E-state index contributed by atoms with van der Waals surface area (Å²) in [5, 5.41) is 15.3. The Balaban J connectivity index is 1.18. The van der Waals surface area contributed by atoms with Gasteiger partial charge in [0, 0.05) is 41.8 Å². The van der Waals surface area contributed by atoms with Crippen LogP contribution >= 0.6 is 11.6 Å². The lowest BCUT2D eigenvalue weighted by atomic mass is 9.82. The number of benzene rings is 4. The quantitative estimate of drug-likeness (QED) is 0.219. The van der Waals surface area contributed by atoms with Gasteiger partial charge in [0.2, 0.25) is 11.8 Å². The average Bonchev–Trinajstić information content (AvgIpc) is 3.63. The van der Waals surface area contributed by atoms with Gasteiger partial charge in [-0.2, -0.15) is 0 Å². The fourth-order valence-electron chi connectivity index (χ4n) is 9.86. The molecule has 10 nitrogen and oxygen atoms in total. The zero-order valence-corrected chi connectivity index (χ0v) is 34.1. The van der Waals surface area contributed by atoms with E-state index >= 15 is 4.79 Å². The normalized spacial score (nSPS) is 24.8. The first-order valence-electron chi connectivity index (χ1n) is 19.5. The van der Waals surface area contributed by atoms with Crippen molar-refractivity contribution in [2.75, 3.05) is 43.2 Å². The number of fused-ring (bicyclic) bond motifs is 3. The minimum Gasteiger partial charge on any atom is -0.497 e. The molecule has 0 saturated carbocycles. The first-order valence-corrected chi connectivity index (χ1v) is 22.9. The standard InChI is InChI=1S/C44H49ClN4O6Si/c1-28-42(56(3,4)36-15-13-35(54-2)14-16-36)39(23-40(51)48-26-31-10-6-5-9-30(31)21-34(48)27-50)55-44(28)37-22-32(45)12-17-38(37)49(43(44)53)25-29-8-7-11-33(20-29)47-19-18-46-24-41(47)52/h5-17,20,22,28,34,39,42,46,50H,18-19,21,23-27H2,1-4H3/t28-,34+,39+,42-,44+/m1/s1. The van der Waals surface area contributed by atoms with E-state index in [0.717, 1.165) is 33.8 Å². The van der Waals surface area contributed by atoms with E-state index in [4.69, 9.17) is 21.1 Å². The van der Waals surface area contributed by atoms with E-state index in [1.807, 2.05) is 66.7 Å². The zero-order chi connectivity index (χ0) is 39.4. The molecule has 4 heterocycles. The first kappa shape index (κ1) is 38.4. The number of hydrogen-bond acceptors (Lipinski definition) is 7. The van der Waals surface area contributed by atoms with Gasteiger partial charge < -0.3 is 34.6 Å². The van der Waals surface area contributed by atoms with Crippen molar-refractivity contribution < 1.29 is 29.0 Å². The van der Waals surface area contributed by atoms with Gasteiger partial charge in [0.05, 0.1) is 59.1 Å². The number of methoxy groups -OCH3 is 1. The lowest BCUT2D eigenvalue weighted by Gasteiger charge is -2.39. The number of nitrogens with zero attached hydrogens (tertiary/aromatic N) is 3. The third-order valence-corrected chi connectivity index (χ3v) is 17.3. The number of anilines is 2. The Hall–Kier alpha value is -4.52. The van der Waals surface area contributed by atoms with E-state index in [1.54, 1.807) is 27.9 Å². The molecule has 4 aliphatic rings. The Kier molecular flexibility index (Phi) is 10.3. The molecule has 4 aliphatic heterocycles. The number of carbonyl (C=O) groups is 3. The van der Waals surface area contributed by atoms with E-state index in [1.165, 1.54) is 5.19 Å². The summed E-state index contributed by atoms with van der Waals surface area (Å²) in [7, 11) is -0.894. The van der Waals surface area contributed by atoms with Crippen molar-refractivity contribution in [1.29, 1.82) is 0 Å². The molecule has 56 heavy (non-hydrogen) atoms. The van der Waals surface area contributed by atoms with E-state index in [-0.39, 0.29) is 61.3 Å². The van der Waals surface area contributed by atoms with Gasteiger partial charge in [-0.25, -0.2) is 0 Å². The molecule has 12 heteroatoms. The second kappa shape index (κ2) is 15.1. The molecule has 2 fully saturated rings. The monoisotopic (exact) mass is 792 g/mol. The molecule has 5 atom stereocenters. The zero-order valence-electron chi connectivity index (χ0n) is 32.3. The maximum atomic E-state index is 15.4. The van der Waals surface area contributed by atoms with Gasteiger partial charge in [-0.05, 0) is 71.1 Å². The number of rotatable bonds is 9. The molecule has 4 aromatic rings. The van der Waals surface area contributed by atoms with Crippen molar-refractivity contribution in [3.8, 4) is 5.75 Å². The molecule has 2 saturated heterocycles. The number of halogens is 1. The summed E-state index contributed by atoms with van der Waals surface area (Å²) in [6.45, 7) is 8.77. The maximum Gasteiger partial charge on any atom is 0.264 e. The lowest BCUT2D eigenvalue weighted by molar-refractivity contribution is -0.151. The maximum absolute atomic E-state index is 15.4. The van der Waals surface area contributed by atoms with E-state index < -0.39 is 19.8 Å². The number of piperazine rings is 1. The molecule has 0 radical (unpaired) electrons. The molecular formula is C44H49ClN4O6Si. The predicted molar refractivity (Wildman–Crippen MR) is 220 cm³/mol. The summed E-state index contributed by atoms with van der Waals surface area (Å²) >= 11 is 6.74. The summed E-state index contributed by atoms with van der Waals surface area (Å²) in [4.78, 5) is 48.1. The summed E-state index contributed by atoms with van der Waals surface area (Å²) in [6, 6.07) is 29.2. The van der Waals surface area contributed by atoms with Crippen LogP contribution < -0.4 is 25.0 Å². The van der Waals surface area contributed by atoms with Crippen LogP contribution in [0.4, 0.5) is 11.4 Å². The molecule has 4 aromatic carbocycles. The second-order valence-electron chi connectivity index (χ2n) is 16.1. The predicted octanol–water partition coefficient (Wildman–Crippen LogP) is 5.38. The topological polar surface area (TPSA) is 112 Å². The molecule has 0 aliphatic carbocycles. The van der Waals surface area contributed by atoms with Crippen LogP contribution in [-0.4, -0.2) is 81.3 Å². The van der Waals surface area contributed by atoms with E-state index in [9.17, 15) is 14.7 Å². The van der Waals surface area contributed by atoms with Gasteiger partial charge >= 0.3 is 0 Å². The number of amides is 3. The van der Waals surface area contributed by atoms with E-state index in [2.05, 4.69) is 43.5 Å². The number of aliphatic hydroxyl groups is 1. The number of hydrogen-bond donors (Lipinski definition) is 2. The Bertz CT molecular complexity index is 2170. The van der Waals surface area contributed by atoms with Crippen molar-refractivity contribution in [3.63, 3.8) is 0 Å². The third kappa shape index (κ3) is 6.53. The van der Waals surface area contributed by atoms with Gasteiger partial charge in [-0.3, -0.25) is 14.4 Å². The largest absolute Gasteiger partial charge is 0.497 e. The minimum absolute atomic E-state index is 0.00659. The number of aliphatic hydroxyl groups excluding tert-OH is 1. The number of nitrogens with one attached hydrogen (secondary N) is 1. The third-order valence-electron chi connectivity index (χ3n) is 12.7. The van der Waals surface area contributed by atoms with Crippen LogP contribution in [0.2, 0.25) is 23.7 Å². The number of carbonyl (C=O) groups excluding carboxylic acids is 3. The molecule has 1 spiro atoms. The van der Waals surface area contributed by atoms with Crippen LogP contribution in [0.25, 0.3) is 0 Å². The average molecular weight is 793 g/mol. The summed E-state index contributed by atoms with van der Waals surface area (Å²) in [6.07, 6.45) is 0.0327. The van der Waals surface area contributed by atoms with Gasteiger partial charge in [0.15, 0.2) is 5.60 Å². The summed E-state index contributed by atoms with van der Waals surface area (Å²) in [5.74, 6) is 0.135. The molecular weight excluding hydrogens is 744 g/mol. The SMILES string of the molecule is COc1ccc([Si](C)(C)[C@H]2[C@H](CC(=O)N3Cc4ccccc4C[C@H]3CO)O[C@@]3(C(=O)N(Cc4cccc(N5CCNCC5=O)c4)c4ccc(Cl)cc43)[C@@H]2C)cc1. The summed E-state index contributed by atoms with van der Waals surface area (Å²) < 4.78 is 12.8. The van der Waals surface area contributed by atoms with Crippen molar-refractivity contribution in [3.05, 3.63) is 118 Å². The van der Waals surface area contributed by atoms with Gasteiger partial charge in [0.1, 0.15) is 5.75 Å². The van der Waals surface area contributed by atoms with Crippen LogP contribution in [-0.2, 0) is 44.2 Å². The number of ether oxygens (including phenoxy) is 2. The van der Waals surface area contributed by atoms with Crippen LogP contribution in [0.5, 0.6) is 5.75 Å². The highest BCUT2D eigenvalue weighted by molar-refractivity contribution is 6.91. The second-order valence-corrected chi connectivity index (χ2v) is 21.3. The van der Waals surface area contributed by atoms with Crippen LogP contribution in [0.3, 0.4) is 0 Å². The molecule has 3 amide bonds. The van der Waals surface area contributed by atoms with Crippen molar-refractivity contribution in [2.24, 2.45) is 5.92 Å². The minimum atomic E-state index is -2.54.